The van der Waals surface area contributed by atoms with Crippen LogP contribution in [0, 0.1) is 5.92 Å². The molecular weight excluding hydrogens is 594 g/mol. The molecule has 0 aromatic rings. The molecule has 3 heterocycles. The molecule has 15 heteroatoms. The summed E-state index contributed by atoms with van der Waals surface area (Å²) in [6, 6.07) is -1.55. The van der Waals surface area contributed by atoms with E-state index in [-0.39, 0.29) is 43.3 Å². The number of hydrogen-bond acceptors (Lipinski definition) is 12. The van der Waals surface area contributed by atoms with Gasteiger partial charge in [0.1, 0.15) is 18.7 Å². The predicted octanol–water partition coefficient (Wildman–Crippen LogP) is 0.739. The van der Waals surface area contributed by atoms with Gasteiger partial charge in [0.25, 0.3) is 0 Å². The van der Waals surface area contributed by atoms with Gasteiger partial charge < -0.3 is 52.6 Å². The van der Waals surface area contributed by atoms with Gasteiger partial charge in [0.2, 0.25) is 17.6 Å². The molecule has 3 atom stereocenters. The largest absolute Gasteiger partial charge is 0.447 e. The number of rotatable bonds is 21. The van der Waals surface area contributed by atoms with Gasteiger partial charge in [-0.2, -0.15) is 0 Å². The fourth-order valence-corrected chi connectivity index (χ4v) is 6.30. The first-order valence-electron chi connectivity index (χ1n) is 17.1. The lowest BCUT2D eigenvalue weighted by Gasteiger charge is -2.48. The molecule has 15 nitrogen and oxygen atoms in total. The van der Waals surface area contributed by atoms with E-state index < -0.39 is 29.6 Å². The molecule has 1 spiro atoms. The van der Waals surface area contributed by atoms with Crippen molar-refractivity contribution in [2.75, 3.05) is 32.8 Å². The van der Waals surface area contributed by atoms with E-state index in [1.807, 2.05) is 0 Å². The van der Waals surface area contributed by atoms with Crippen LogP contribution in [0.3, 0.4) is 0 Å². The zero-order chi connectivity index (χ0) is 33.6. The van der Waals surface area contributed by atoms with E-state index in [0.717, 1.165) is 51.0 Å². The second kappa shape index (κ2) is 18.1. The minimum atomic E-state index is -2.16. The second-order valence-corrected chi connectivity index (χ2v) is 13.1. The van der Waals surface area contributed by atoms with Gasteiger partial charge in [0.15, 0.2) is 17.6 Å². The van der Waals surface area contributed by atoms with E-state index in [2.05, 4.69) is 45.1 Å². The molecule has 0 aliphatic carbocycles. The molecule has 3 aliphatic rings. The summed E-state index contributed by atoms with van der Waals surface area (Å²) in [6.45, 7) is 6.34. The molecule has 0 aromatic carbocycles. The van der Waals surface area contributed by atoms with Crippen molar-refractivity contribution >= 4 is 29.8 Å². The third kappa shape index (κ3) is 10.6. The number of nitrogens with zero attached hydrogens (tertiary/aromatic N) is 3. The first-order valence-corrected chi connectivity index (χ1v) is 17.1. The van der Waals surface area contributed by atoms with Gasteiger partial charge in [-0.05, 0) is 38.0 Å². The van der Waals surface area contributed by atoms with Crippen molar-refractivity contribution in [3.05, 3.63) is 0 Å². The molecule has 46 heavy (non-hydrogen) atoms. The van der Waals surface area contributed by atoms with Crippen LogP contribution in [-0.2, 0) is 14.3 Å². The summed E-state index contributed by atoms with van der Waals surface area (Å²) in [4.78, 5) is 46.5. The average molecular weight is 652 g/mol. The fourth-order valence-electron chi connectivity index (χ4n) is 6.30. The zero-order valence-corrected chi connectivity index (χ0v) is 27.7. The number of amides is 3. The Morgan fingerprint density at radius 1 is 0.891 bits per heavy atom. The Labute approximate surface area is 272 Å². The van der Waals surface area contributed by atoms with E-state index in [1.54, 1.807) is 4.90 Å². The number of guanidine groups is 2. The highest BCUT2D eigenvalue weighted by atomic mass is 16.5. The topological polar surface area (TPSA) is 229 Å². The molecule has 0 radical (unpaired) electrons. The summed E-state index contributed by atoms with van der Waals surface area (Å²) in [6.07, 6.45) is 11.0. The Kier molecular flexibility index (Phi) is 14.6. The lowest BCUT2D eigenvalue weighted by Crippen LogP contribution is -2.76. The molecule has 0 saturated carbocycles. The van der Waals surface area contributed by atoms with E-state index in [4.69, 9.17) is 16.2 Å². The molecule has 1 saturated heterocycles. The van der Waals surface area contributed by atoms with Crippen LogP contribution in [-0.4, -0.2) is 101 Å². The van der Waals surface area contributed by atoms with Crippen molar-refractivity contribution < 1.29 is 29.3 Å². The highest BCUT2D eigenvalue weighted by molar-refractivity contribution is 5.87. The molecule has 3 amide bonds. The van der Waals surface area contributed by atoms with Gasteiger partial charge in [-0.15, -0.1) is 0 Å². The monoisotopic (exact) mass is 651 g/mol. The molecule has 3 aliphatic heterocycles. The number of carbonyl (C=O) groups excluding carboxylic acids is 3. The van der Waals surface area contributed by atoms with Crippen molar-refractivity contribution in [2.45, 2.75) is 127 Å². The average Bonchev–Trinajstić information content (AvgIpc) is 3.50. The molecular formula is C31H57N9O6. The Morgan fingerprint density at radius 3 is 2.04 bits per heavy atom. The maximum Gasteiger partial charge on any atom is 0.407 e. The van der Waals surface area contributed by atoms with Gasteiger partial charge in [0, 0.05) is 45.4 Å². The summed E-state index contributed by atoms with van der Waals surface area (Å²) in [7, 11) is 0. The number of carbonyl (C=O) groups is 3. The van der Waals surface area contributed by atoms with Crippen molar-refractivity contribution in [3.8, 4) is 0 Å². The maximum atomic E-state index is 12.3. The number of unbranched alkanes of at least 4 members (excludes halogenated alkanes) is 7. The highest BCUT2D eigenvalue weighted by Gasteiger charge is 2.69. The van der Waals surface area contributed by atoms with Crippen molar-refractivity contribution in [3.63, 3.8) is 0 Å². The highest BCUT2D eigenvalue weighted by Crippen LogP contribution is 2.44. The number of nitrogens with one attached hydrogen (secondary N) is 4. The van der Waals surface area contributed by atoms with Crippen molar-refractivity contribution in [2.24, 2.45) is 27.4 Å². The standard InChI is InChI=1S/C31H57N9O6/c1-22(2)13-7-3-4-10-17-34-24(41)14-8-9-15-25(42)35-18-11-5-6-12-19-36-29(43)46-21-23-26-31(39-27(32)38-26)30(44,45)16-20-40(31)28(33)37-23/h22-23,26,44-45H,3-21H2,1-2H3,(H2,33,37)(H,34,41)(H,35,42)(H,36,43)(H3,32,38,39)/t23?,26-,31-/m0/s1. The minimum Gasteiger partial charge on any atom is -0.447 e. The summed E-state index contributed by atoms with van der Waals surface area (Å²) in [5, 5.41) is 32.9. The van der Waals surface area contributed by atoms with Gasteiger partial charge in [-0.25, -0.2) is 14.8 Å². The number of nitrogens with two attached hydrogens (primary N) is 2. The van der Waals surface area contributed by atoms with Crippen LogP contribution < -0.4 is 32.7 Å². The zero-order valence-electron chi connectivity index (χ0n) is 27.7. The normalized spacial score (nSPS) is 22.8. The maximum absolute atomic E-state index is 12.3. The quantitative estimate of drug-likeness (QED) is 0.0641. The van der Waals surface area contributed by atoms with E-state index >= 15 is 0 Å². The van der Waals surface area contributed by atoms with Crippen molar-refractivity contribution in [1.82, 2.24) is 26.2 Å². The van der Waals surface area contributed by atoms with Crippen LogP contribution in [0.4, 0.5) is 4.79 Å². The third-order valence-electron chi connectivity index (χ3n) is 8.85. The Hall–Kier alpha value is -3.33. The Bertz CT molecular complexity index is 1070. The number of hydrogen-bond donors (Lipinski definition) is 8. The smallest absolute Gasteiger partial charge is 0.407 e. The van der Waals surface area contributed by atoms with Crippen LogP contribution in [0.1, 0.15) is 104 Å². The SMILES string of the molecule is CC(C)CCCCCCNC(=O)CCCCC(=O)NCCCCCCNC(=O)OCC1N=C(N)N2CCC(O)(O)[C@@]23NC(N)=N[C@@H]13. The van der Waals surface area contributed by atoms with Crippen LogP contribution in [0.25, 0.3) is 0 Å². The Morgan fingerprint density at radius 2 is 1.46 bits per heavy atom. The van der Waals surface area contributed by atoms with Crippen LogP contribution in [0.2, 0.25) is 0 Å². The summed E-state index contributed by atoms with van der Waals surface area (Å²) in [5.41, 5.74) is 10.5. The molecule has 0 bridgehead atoms. The number of aliphatic imine (C=N–C) groups is 2. The molecule has 262 valence electrons. The molecule has 1 unspecified atom stereocenters. The van der Waals surface area contributed by atoms with E-state index in [9.17, 15) is 24.6 Å². The van der Waals surface area contributed by atoms with Gasteiger partial charge >= 0.3 is 6.09 Å². The lowest BCUT2D eigenvalue weighted by molar-refractivity contribution is -0.221. The van der Waals surface area contributed by atoms with Gasteiger partial charge in [-0.1, -0.05) is 52.4 Å². The molecule has 1 fully saturated rings. The lowest BCUT2D eigenvalue weighted by atomic mass is 9.87. The number of alkyl carbamates (subject to hydrolysis) is 1. The summed E-state index contributed by atoms with van der Waals surface area (Å²) >= 11 is 0. The van der Waals surface area contributed by atoms with Gasteiger partial charge in [-0.3, -0.25) is 9.59 Å². The van der Waals surface area contributed by atoms with Crippen LogP contribution in [0.15, 0.2) is 9.98 Å². The van der Waals surface area contributed by atoms with E-state index in [1.165, 1.54) is 19.3 Å². The molecule has 0 aromatic heterocycles. The number of ether oxygens (including phenoxy) is 1. The Balaban J connectivity index is 1.15. The number of aliphatic hydroxyl groups is 2. The van der Waals surface area contributed by atoms with Crippen molar-refractivity contribution in [1.29, 1.82) is 0 Å². The summed E-state index contributed by atoms with van der Waals surface area (Å²) in [5.74, 6) is -1.20. The van der Waals surface area contributed by atoms with Gasteiger partial charge in [0.05, 0.1) is 0 Å². The van der Waals surface area contributed by atoms with Crippen LogP contribution in [0.5, 0.6) is 0 Å². The summed E-state index contributed by atoms with van der Waals surface area (Å²) < 4.78 is 5.35. The minimum absolute atomic E-state index is 0.00673. The second-order valence-electron chi connectivity index (χ2n) is 13.1. The van der Waals surface area contributed by atoms with E-state index in [0.29, 0.717) is 38.8 Å². The first kappa shape index (κ1) is 37.1. The molecule has 10 N–H and O–H groups in total. The fraction of sp³-hybridized carbons (Fsp3) is 0.839. The van der Waals surface area contributed by atoms with Crippen LogP contribution >= 0.6 is 0 Å². The first-order chi connectivity index (χ1) is 22.0. The predicted molar refractivity (Wildman–Crippen MR) is 175 cm³/mol. The third-order valence-corrected chi connectivity index (χ3v) is 8.85. The molecule has 3 rings (SSSR count).